The van der Waals surface area contributed by atoms with E-state index >= 15 is 0 Å². The van der Waals surface area contributed by atoms with Crippen molar-refractivity contribution in [2.75, 3.05) is 27.2 Å². The summed E-state index contributed by atoms with van der Waals surface area (Å²) in [5.41, 5.74) is 2.68. The lowest BCUT2D eigenvalue weighted by Crippen LogP contribution is -2.32. The first-order valence-corrected chi connectivity index (χ1v) is 10.7. The monoisotopic (exact) mass is 420 g/mol. The molecule has 0 aliphatic carbocycles. The Labute approximate surface area is 185 Å². The molecule has 1 amide bonds. The largest absolute Gasteiger partial charge is 0.507 e. The van der Waals surface area contributed by atoms with Gasteiger partial charge in [0.1, 0.15) is 5.76 Å². The highest BCUT2D eigenvalue weighted by molar-refractivity contribution is 6.46. The maximum absolute atomic E-state index is 13.0. The number of rotatable bonds is 6. The number of hydrogen-bond donors (Lipinski definition) is 1. The molecule has 31 heavy (non-hydrogen) atoms. The molecule has 3 rings (SSSR count). The first-order chi connectivity index (χ1) is 14.6. The Morgan fingerprint density at radius 1 is 1.00 bits per heavy atom. The van der Waals surface area contributed by atoms with E-state index in [0.29, 0.717) is 12.1 Å². The molecule has 1 heterocycles. The lowest BCUT2D eigenvalue weighted by Gasteiger charge is -2.27. The predicted molar refractivity (Wildman–Crippen MR) is 124 cm³/mol. The average Bonchev–Trinajstić information content (AvgIpc) is 2.98. The van der Waals surface area contributed by atoms with Gasteiger partial charge in [-0.15, -0.1) is 0 Å². The summed E-state index contributed by atoms with van der Waals surface area (Å²) >= 11 is 0. The standard InChI is InChI=1S/C26H32N2O3/c1-26(2,3)20-14-12-18(13-15-20)22-21(23(29)19-10-7-6-8-11-19)24(30)25(31)28(22)17-9-16-27(4)5/h6-8,10-15,22,29H,9,16-17H2,1-5H3/t22-/m1/s1. The second-order valence-corrected chi connectivity index (χ2v) is 9.39. The van der Waals surface area contributed by atoms with Crippen molar-refractivity contribution < 1.29 is 14.7 Å². The van der Waals surface area contributed by atoms with Crippen LogP contribution in [0.1, 0.15) is 49.9 Å². The molecule has 1 aliphatic rings. The lowest BCUT2D eigenvalue weighted by atomic mass is 9.85. The number of carbonyl (C=O) groups is 2. The highest BCUT2D eigenvalue weighted by Crippen LogP contribution is 2.40. The molecular weight excluding hydrogens is 388 g/mol. The van der Waals surface area contributed by atoms with Gasteiger partial charge < -0.3 is 14.9 Å². The number of nitrogens with zero attached hydrogens (tertiary/aromatic N) is 2. The molecule has 5 nitrogen and oxygen atoms in total. The van der Waals surface area contributed by atoms with Crippen molar-refractivity contribution in [2.24, 2.45) is 0 Å². The van der Waals surface area contributed by atoms with Gasteiger partial charge in [0.15, 0.2) is 0 Å². The number of ketones is 1. The number of aliphatic hydroxyl groups excluding tert-OH is 1. The number of Topliss-reactive ketones (excluding diaryl/α,β-unsaturated/α-hetero) is 1. The lowest BCUT2D eigenvalue weighted by molar-refractivity contribution is -0.139. The van der Waals surface area contributed by atoms with Crippen molar-refractivity contribution in [3.8, 4) is 0 Å². The second kappa shape index (κ2) is 9.06. The summed E-state index contributed by atoms with van der Waals surface area (Å²) in [6.45, 7) is 7.68. The fraction of sp³-hybridized carbons (Fsp3) is 0.385. The summed E-state index contributed by atoms with van der Waals surface area (Å²) in [5.74, 6) is -1.31. The molecule has 2 aromatic carbocycles. The fourth-order valence-corrected chi connectivity index (χ4v) is 3.93. The van der Waals surface area contributed by atoms with Gasteiger partial charge in [-0.25, -0.2) is 0 Å². The zero-order valence-corrected chi connectivity index (χ0v) is 19.1. The quantitative estimate of drug-likeness (QED) is 0.429. The number of hydrogen-bond acceptors (Lipinski definition) is 4. The normalized spacial score (nSPS) is 18.8. The molecule has 1 N–H and O–H groups in total. The van der Waals surface area contributed by atoms with Crippen LogP contribution in [0, 0.1) is 0 Å². The number of amides is 1. The van der Waals surface area contributed by atoms with Crippen LogP contribution in [0.3, 0.4) is 0 Å². The van der Waals surface area contributed by atoms with Crippen LogP contribution in [0.5, 0.6) is 0 Å². The second-order valence-electron chi connectivity index (χ2n) is 9.39. The minimum Gasteiger partial charge on any atom is -0.507 e. The first-order valence-electron chi connectivity index (χ1n) is 10.7. The van der Waals surface area contributed by atoms with Crippen molar-refractivity contribution in [2.45, 2.75) is 38.6 Å². The third-order valence-corrected chi connectivity index (χ3v) is 5.68. The summed E-state index contributed by atoms with van der Waals surface area (Å²) < 4.78 is 0. The van der Waals surface area contributed by atoms with E-state index in [1.54, 1.807) is 29.2 Å². The fourth-order valence-electron chi connectivity index (χ4n) is 3.93. The zero-order chi connectivity index (χ0) is 22.8. The SMILES string of the molecule is CN(C)CCCN1C(=O)C(=O)C(=C(O)c2ccccc2)[C@H]1c1ccc(C(C)(C)C)cc1. The molecule has 0 bridgehead atoms. The highest BCUT2D eigenvalue weighted by Gasteiger charge is 2.45. The van der Waals surface area contributed by atoms with E-state index in [4.69, 9.17) is 0 Å². The van der Waals surface area contributed by atoms with Crippen LogP contribution in [0.2, 0.25) is 0 Å². The van der Waals surface area contributed by atoms with Gasteiger partial charge in [0, 0.05) is 12.1 Å². The summed E-state index contributed by atoms with van der Waals surface area (Å²) in [7, 11) is 3.96. The molecule has 0 saturated carbocycles. The summed E-state index contributed by atoms with van der Waals surface area (Å²) in [6.07, 6.45) is 0.738. The number of benzene rings is 2. The Morgan fingerprint density at radius 3 is 2.16 bits per heavy atom. The molecule has 2 aromatic rings. The van der Waals surface area contributed by atoms with Gasteiger partial charge in [-0.2, -0.15) is 0 Å². The van der Waals surface area contributed by atoms with Gasteiger partial charge >= 0.3 is 0 Å². The van der Waals surface area contributed by atoms with Crippen molar-refractivity contribution in [1.82, 2.24) is 9.80 Å². The molecule has 5 heteroatoms. The van der Waals surface area contributed by atoms with Crippen LogP contribution in [0.15, 0.2) is 60.2 Å². The van der Waals surface area contributed by atoms with Gasteiger partial charge in [0.05, 0.1) is 11.6 Å². The van der Waals surface area contributed by atoms with Crippen molar-refractivity contribution in [3.63, 3.8) is 0 Å². The molecular formula is C26H32N2O3. The molecule has 164 valence electrons. The molecule has 0 aromatic heterocycles. The smallest absolute Gasteiger partial charge is 0.295 e. The van der Waals surface area contributed by atoms with Gasteiger partial charge in [0.2, 0.25) is 0 Å². The minimum absolute atomic E-state index is 0.00388. The van der Waals surface area contributed by atoms with Crippen molar-refractivity contribution >= 4 is 17.4 Å². The van der Waals surface area contributed by atoms with Crippen molar-refractivity contribution in [3.05, 3.63) is 76.9 Å². The molecule has 1 saturated heterocycles. The van der Waals surface area contributed by atoms with E-state index in [1.807, 2.05) is 49.3 Å². The summed E-state index contributed by atoms with van der Waals surface area (Å²) in [4.78, 5) is 29.6. The Hall–Kier alpha value is -2.92. The summed E-state index contributed by atoms with van der Waals surface area (Å²) in [5, 5.41) is 11.0. The van der Waals surface area contributed by atoms with Crippen molar-refractivity contribution in [1.29, 1.82) is 0 Å². The third-order valence-electron chi connectivity index (χ3n) is 5.68. The Morgan fingerprint density at radius 2 is 1.61 bits per heavy atom. The van der Waals surface area contributed by atoms with Crippen LogP contribution in [-0.2, 0) is 15.0 Å². The molecule has 1 aliphatic heterocycles. The molecule has 0 radical (unpaired) electrons. The van der Waals surface area contributed by atoms with E-state index in [1.165, 1.54) is 5.56 Å². The van der Waals surface area contributed by atoms with Crippen LogP contribution >= 0.6 is 0 Å². The third kappa shape index (κ3) is 4.88. The van der Waals surface area contributed by atoms with E-state index in [-0.39, 0.29) is 16.7 Å². The van der Waals surface area contributed by atoms with Gasteiger partial charge in [0.25, 0.3) is 11.7 Å². The summed E-state index contributed by atoms with van der Waals surface area (Å²) in [6, 6.07) is 16.3. The van der Waals surface area contributed by atoms with E-state index in [0.717, 1.165) is 18.5 Å². The molecule has 1 fully saturated rings. The highest BCUT2D eigenvalue weighted by atomic mass is 16.3. The maximum atomic E-state index is 13.0. The molecule has 0 spiro atoms. The van der Waals surface area contributed by atoms with Crippen LogP contribution in [-0.4, -0.2) is 53.8 Å². The maximum Gasteiger partial charge on any atom is 0.295 e. The minimum atomic E-state index is -0.629. The first kappa shape index (κ1) is 22.8. The van der Waals surface area contributed by atoms with Crippen LogP contribution in [0.4, 0.5) is 0 Å². The van der Waals surface area contributed by atoms with E-state index in [2.05, 4.69) is 20.8 Å². The van der Waals surface area contributed by atoms with Crippen LogP contribution in [0.25, 0.3) is 5.76 Å². The van der Waals surface area contributed by atoms with Gasteiger partial charge in [-0.05, 0) is 43.6 Å². The van der Waals surface area contributed by atoms with Gasteiger partial charge in [-0.3, -0.25) is 9.59 Å². The van der Waals surface area contributed by atoms with E-state index < -0.39 is 17.7 Å². The van der Waals surface area contributed by atoms with Gasteiger partial charge in [-0.1, -0.05) is 75.4 Å². The predicted octanol–water partition coefficient (Wildman–Crippen LogP) is 4.36. The molecule has 0 unspecified atom stereocenters. The zero-order valence-electron chi connectivity index (χ0n) is 19.1. The number of carbonyl (C=O) groups excluding carboxylic acids is 2. The van der Waals surface area contributed by atoms with E-state index in [9.17, 15) is 14.7 Å². The Balaban J connectivity index is 2.08. The van der Waals surface area contributed by atoms with Crippen LogP contribution < -0.4 is 0 Å². The topological polar surface area (TPSA) is 60.9 Å². The molecule has 1 atom stereocenters. The number of aliphatic hydroxyl groups is 1. The average molecular weight is 421 g/mol. The Kier molecular flexibility index (Phi) is 6.65. The Bertz CT molecular complexity index is 970. The number of likely N-dealkylation sites (tertiary alicyclic amines) is 1.